The molecule has 5 saturated heterocycles. The zero-order valence-corrected chi connectivity index (χ0v) is 44.5. The summed E-state index contributed by atoms with van der Waals surface area (Å²) in [6, 6.07) is 0. The average Bonchev–Trinajstić information content (AvgIpc) is 3.61. The van der Waals surface area contributed by atoms with Gasteiger partial charge in [0.2, 0.25) is 0 Å². The molecule has 2 bridgehead atoms. The van der Waals surface area contributed by atoms with Crippen LogP contribution in [0.1, 0.15) is 128 Å². The van der Waals surface area contributed by atoms with Crippen molar-refractivity contribution >= 4 is 14.3 Å². The maximum absolute atomic E-state index is 14.8. The molecule has 0 aromatic carbocycles. The quantitative estimate of drug-likeness (QED) is 0.116. The molecule has 1 unspecified atom stereocenters. The van der Waals surface area contributed by atoms with Gasteiger partial charge >= 0.3 is 5.97 Å². The number of aliphatic hydroxyl groups excluding tert-OH is 2. The fourth-order valence-corrected chi connectivity index (χ4v) is 12.7. The Bertz CT molecular complexity index is 1860. The molecule has 3 N–H and O–H groups in total. The van der Waals surface area contributed by atoms with E-state index in [2.05, 4.69) is 80.6 Å². The van der Waals surface area contributed by atoms with E-state index < -0.39 is 105 Å². The Balaban J connectivity index is 1.22. The van der Waals surface area contributed by atoms with Gasteiger partial charge in [-0.3, -0.25) is 4.79 Å². The van der Waals surface area contributed by atoms with E-state index in [0.29, 0.717) is 49.5 Å². The van der Waals surface area contributed by atoms with Crippen molar-refractivity contribution in [3.05, 3.63) is 47.1 Å². The van der Waals surface area contributed by atoms with Crippen LogP contribution in [-0.4, -0.2) is 141 Å². The summed E-state index contributed by atoms with van der Waals surface area (Å²) in [6.07, 6.45) is 6.33. The molecule has 1 spiro atoms. The molecule has 14 nitrogen and oxygen atoms in total. The van der Waals surface area contributed by atoms with Crippen molar-refractivity contribution in [2.75, 3.05) is 13.7 Å². The molecule has 0 aromatic heterocycles. The third-order valence-electron chi connectivity index (χ3n) is 16.8. The van der Waals surface area contributed by atoms with E-state index in [4.69, 9.17) is 47.1 Å². The Morgan fingerprint density at radius 1 is 0.941 bits per heavy atom. The maximum Gasteiger partial charge on any atom is 0.316 e. The minimum Gasteiger partial charge on any atom is -0.462 e. The highest BCUT2D eigenvalue weighted by atomic mass is 28.4. The summed E-state index contributed by atoms with van der Waals surface area (Å²) in [5.41, 5.74) is 0.671. The number of esters is 1. The Kier molecular flexibility index (Phi) is 16.9. The van der Waals surface area contributed by atoms with Crippen LogP contribution < -0.4 is 0 Å². The minimum absolute atomic E-state index is 0.00646. The normalized spacial score (nSPS) is 46.6. The van der Waals surface area contributed by atoms with Crippen molar-refractivity contribution in [3.8, 4) is 0 Å². The summed E-state index contributed by atoms with van der Waals surface area (Å²) in [7, 11) is -0.732. The van der Waals surface area contributed by atoms with Crippen molar-refractivity contribution < 1.29 is 67.2 Å². The average molecular weight is 975 g/mol. The van der Waals surface area contributed by atoms with E-state index in [1.54, 1.807) is 14.0 Å². The first-order valence-corrected chi connectivity index (χ1v) is 28.6. The molecular formula is C53H86O14Si. The Morgan fingerprint density at radius 2 is 1.65 bits per heavy atom. The van der Waals surface area contributed by atoms with Crippen LogP contribution in [0.4, 0.5) is 0 Å². The maximum atomic E-state index is 14.8. The zero-order chi connectivity index (χ0) is 49.7. The first-order chi connectivity index (χ1) is 31.9. The van der Waals surface area contributed by atoms with Gasteiger partial charge in [0, 0.05) is 45.1 Å². The fourth-order valence-electron chi connectivity index (χ4n) is 11.4. The monoisotopic (exact) mass is 975 g/mol. The van der Waals surface area contributed by atoms with Gasteiger partial charge in [-0.15, -0.1) is 0 Å². The predicted octanol–water partition coefficient (Wildman–Crippen LogP) is 7.98. The molecule has 0 amide bonds. The lowest BCUT2D eigenvalue weighted by Gasteiger charge is -2.51. The highest BCUT2D eigenvalue weighted by Crippen LogP contribution is 2.50. The van der Waals surface area contributed by atoms with Crippen molar-refractivity contribution in [2.24, 2.45) is 23.7 Å². The molecule has 1 aliphatic carbocycles. The number of hydrogen-bond donors (Lipinski definition) is 3. The van der Waals surface area contributed by atoms with Crippen molar-refractivity contribution in [3.63, 3.8) is 0 Å². The number of aliphatic hydroxyl groups is 3. The molecule has 0 saturated carbocycles. The van der Waals surface area contributed by atoms with Crippen LogP contribution in [0.3, 0.4) is 0 Å². The van der Waals surface area contributed by atoms with Crippen molar-refractivity contribution in [2.45, 2.75) is 243 Å². The van der Waals surface area contributed by atoms with E-state index in [9.17, 15) is 20.1 Å². The van der Waals surface area contributed by atoms with Gasteiger partial charge in [0.25, 0.3) is 0 Å². The molecule has 6 heterocycles. The lowest BCUT2D eigenvalue weighted by atomic mass is 9.71. The second kappa shape index (κ2) is 21.3. The fraction of sp³-hybridized carbons (Fsp3) is 0.830. The highest BCUT2D eigenvalue weighted by Gasteiger charge is 2.62. The van der Waals surface area contributed by atoms with Gasteiger partial charge in [0.15, 0.2) is 26.7 Å². The molecule has 6 aliphatic heterocycles. The topological polar surface area (TPSA) is 170 Å². The Hall–Kier alpha value is -1.83. The molecular weight excluding hydrogens is 889 g/mol. The van der Waals surface area contributed by atoms with Crippen LogP contribution in [0.15, 0.2) is 47.1 Å². The van der Waals surface area contributed by atoms with Crippen LogP contribution in [-0.2, 0) is 51.9 Å². The summed E-state index contributed by atoms with van der Waals surface area (Å²) in [6.45, 7) is 27.5. The lowest BCUT2D eigenvalue weighted by Crippen LogP contribution is -2.60. The summed E-state index contributed by atoms with van der Waals surface area (Å²) in [5.74, 6) is -1.98. The van der Waals surface area contributed by atoms with E-state index in [-0.39, 0.29) is 36.2 Å². The molecule has 7 rings (SSSR count). The Labute approximate surface area is 407 Å². The van der Waals surface area contributed by atoms with E-state index >= 15 is 0 Å². The first kappa shape index (κ1) is 54.0. The number of methoxy groups -OCH3 is 1. The second-order valence-electron chi connectivity index (χ2n) is 23.0. The molecule has 0 radical (unpaired) electrons. The predicted molar refractivity (Wildman–Crippen MR) is 259 cm³/mol. The summed E-state index contributed by atoms with van der Waals surface area (Å²) in [5, 5.41) is 33.8. The number of rotatable bonds is 9. The summed E-state index contributed by atoms with van der Waals surface area (Å²) in [4.78, 5) is 14.8. The first-order valence-electron chi connectivity index (χ1n) is 25.7. The lowest BCUT2D eigenvalue weighted by molar-refractivity contribution is -0.340. The summed E-state index contributed by atoms with van der Waals surface area (Å²) >= 11 is 0. The SMILES string of the molecule is CC[C@H](C)[C@H]1O[C@]2(CC[C@@H]1C)C[C@@H]1C[C@@H](C/C=C(\C)[C@@H](O[C@H]3C[C@H](OC)[C@@H](OC4C[C@H](O)[C@@H](O)[C@H](C)O4)[C@H](C)O3)[C@@H](C)/C=C/C=C3\CO[C@@H]4[C@H](O[Si](C)(C)C(C)(C)C)C(C)=C[C@@H](C(=O)O1)[C@]34O)O2. The molecule has 386 valence electrons. The molecule has 0 aromatic rings. The molecule has 20 atom stereocenters. The van der Waals surface area contributed by atoms with Crippen LogP contribution in [0, 0.1) is 23.7 Å². The van der Waals surface area contributed by atoms with Gasteiger partial charge < -0.3 is 62.4 Å². The Morgan fingerprint density at radius 3 is 2.32 bits per heavy atom. The minimum atomic E-state index is -2.37. The smallest absolute Gasteiger partial charge is 0.316 e. The molecule has 68 heavy (non-hydrogen) atoms. The standard InChI is InChI=1S/C53H86O14Si/c1-15-29(2)46-32(5)21-22-52(66-46)27-38-24-37(65-52)20-19-31(4)45(63-43-26-41(58-12)48(35(8)61-43)64-42-25-40(54)44(55)34(7)60-42)30(3)17-16-18-36-28-59-49-47(67-68(13,14)51(9,10)11)33(6)23-39(50(56)62-38)53(36,49)57/h16-19,23,29-30,32,34-35,37-49,54-55,57H,15,20-22,24-28H2,1-14H3/b17-16+,31-19+,36-18+/t29-,30-,32-,34-,35-,37+,38-,39-,40-,41-,42?,43-,44-,45-,46+,47+,48-,49+,52+,53+/m0/s1. The van der Waals surface area contributed by atoms with Gasteiger partial charge in [-0.25, -0.2) is 0 Å². The van der Waals surface area contributed by atoms with Gasteiger partial charge in [0.1, 0.15) is 35.9 Å². The molecule has 15 heteroatoms. The number of fused-ring (bicyclic) bond motifs is 2. The van der Waals surface area contributed by atoms with Gasteiger partial charge in [-0.1, -0.05) is 85.3 Å². The van der Waals surface area contributed by atoms with Gasteiger partial charge in [0.05, 0.1) is 55.4 Å². The molecule has 5 fully saturated rings. The zero-order valence-electron chi connectivity index (χ0n) is 43.5. The third kappa shape index (κ3) is 11.2. The van der Waals surface area contributed by atoms with E-state index in [1.807, 2.05) is 32.1 Å². The number of carbonyl (C=O) groups excluding carboxylic acids is 1. The highest BCUT2D eigenvalue weighted by molar-refractivity contribution is 6.74. The second-order valence-corrected chi connectivity index (χ2v) is 27.8. The number of carbonyl (C=O) groups is 1. The largest absolute Gasteiger partial charge is 0.462 e. The van der Waals surface area contributed by atoms with E-state index in [1.165, 1.54) is 0 Å². The van der Waals surface area contributed by atoms with E-state index in [0.717, 1.165) is 24.0 Å². The van der Waals surface area contributed by atoms with Gasteiger partial charge in [-0.05, 0) is 87.2 Å². The molecule has 7 aliphatic rings. The van der Waals surface area contributed by atoms with Crippen molar-refractivity contribution in [1.82, 2.24) is 0 Å². The van der Waals surface area contributed by atoms with Crippen LogP contribution in [0.5, 0.6) is 0 Å². The number of hydrogen-bond acceptors (Lipinski definition) is 14. The van der Waals surface area contributed by atoms with Crippen LogP contribution >= 0.6 is 0 Å². The number of allylic oxidation sites excluding steroid dienone is 2. The van der Waals surface area contributed by atoms with Crippen molar-refractivity contribution in [1.29, 1.82) is 0 Å². The van der Waals surface area contributed by atoms with Gasteiger partial charge in [-0.2, -0.15) is 0 Å². The summed E-state index contributed by atoms with van der Waals surface area (Å²) < 4.78 is 66.1. The third-order valence-corrected chi connectivity index (χ3v) is 21.3. The number of ether oxygens (including phenoxy) is 9. The van der Waals surface area contributed by atoms with Crippen LogP contribution in [0.2, 0.25) is 18.1 Å². The van der Waals surface area contributed by atoms with Crippen LogP contribution in [0.25, 0.3) is 0 Å².